The Kier molecular flexibility index (Phi) is 8.30. The van der Waals surface area contributed by atoms with Crippen molar-refractivity contribution in [1.29, 1.82) is 0 Å². The minimum absolute atomic E-state index is 0.144. The summed E-state index contributed by atoms with van der Waals surface area (Å²) in [5.74, 6) is -2.96. The van der Waals surface area contributed by atoms with Crippen LogP contribution in [0.2, 0.25) is 0 Å². The summed E-state index contributed by atoms with van der Waals surface area (Å²) in [5, 5.41) is 11.4. The number of hydrogen-bond acceptors (Lipinski definition) is 7. The molecule has 0 radical (unpaired) electrons. The molecular weight excluding hydrogens is 448 g/mol. The topological polar surface area (TPSA) is 108 Å². The van der Waals surface area contributed by atoms with Crippen LogP contribution in [0.3, 0.4) is 0 Å². The highest BCUT2D eigenvalue weighted by Gasteiger charge is 2.43. The number of carbonyl (C=O) groups excluding carboxylic acids is 2. The smallest absolute Gasteiger partial charge is 0.337 e. The van der Waals surface area contributed by atoms with Crippen molar-refractivity contribution in [1.82, 2.24) is 0 Å². The number of nitrogens with zero attached hydrogens (tertiary/aromatic N) is 2. The van der Waals surface area contributed by atoms with E-state index >= 15 is 0 Å². The largest absolute Gasteiger partial charge is 0.465 e. The Morgan fingerprint density at radius 2 is 1.86 bits per heavy atom. The molecule has 0 amide bonds. The Balaban J connectivity index is 1.99. The third-order valence-corrected chi connectivity index (χ3v) is 5.68. The molecule has 0 aromatic heterocycles. The van der Waals surface area contributed by atoms with Crippen molar-refractivity contribution in [2.45, 2.75) is 39.7 Å². The Morgan fingerprint density at radius 3 is 2.51 bits per heavy atom. The van der Waals surface area contributed by atoms with Crippen molar-refractivity contribution < 1.29 is 24.0 Å². The lowest BCUT2D eigenvalue weighted by Gasteiger charge is -2.31. The van der Waals surface area contributed by atoms with Gasteiger partial charge in [-0.05, 0) is 44.9 Å². The molecule has 0 spiro atoms. The van der Waals surface area contributed by atoms with Crippen molar-refractivity contribution in [3.63, 3.8) is 0 Å². The van der Waals surface area contributed by atoms with E-state index in [1.807, 2.05) is 36.4 Å². The van der Waals surface area contributed by atoms with Gasteiger partial charge in [-0.1, -0.05) is 48.5 Å². The van der Waals surface area contributed by atoms with Gasteiger partial charge in [0.2, 0.25) is 0 Å². The molecular formula is C27H28N2O6. The third kappa shape index (κ3) is 6.09. The lowest BCUT2D eigenvalue weighted by molar-refractivity contribution is -0.384. The van der Waals surface area contributed by atoms with E-state index in [0.717, 1.165) is 5.56 Å². The quantitative estimate of drug-likeness (QED) is 0.292. The molecule has 0 aliphatic carbocycles. The molecule has 2 aromatic rings. The summed E-state index contributed by atoms with van der Waals surface area (Å²) in [6.07, 6.45) is 3.04. The van der Waals surface area contributed by atoms with Crippen LogP contribution < -0.4 is 0 Å². The molecule has 35 heavy (non-hydrogen) atoms. The average Bonchev–Trinajstić information content (AvgIpc) is 2.83. The molecule has 1 aliphatic rings. The number of esters is 2. The van der Waals surface area contributed by atoms with E-state index in [9.17, 15) is 19.7 Å². The second-order valence-electron chi connectivity index (χ2n) is 8.19. The number of hydrogen-bond donors (Lipinski definition) is 0. The Bertz CT molecular complexity index is 1200. The minimum Gasteiger partial charge on any atom is -0.465 e. The molecule has 8 heteroatoms. The van der Waals surface area contributed by atoms with Gasteiger partial charge in [0.1, 0.15) is 12.0 Å². The fourth-order valence-electron chi connectivity index (χ4n) is 4.11. The standard InChI is InChI=1S/C27H28N2O6/c1-5-34-26(30)23-18(3)28-19(4)24(25(23)21-12-9-13-22(16-21)29(32)33)27(31)35-17(2)14-15-20-10-7-6-8-11-20/h6-17,23,25H,5H2,1-4H3. The SMILES string of the molecule is CCOC(=O)C1C(C)=NC(C)=C(C(=O)OC(C)C=Cc2ccccc2)C1c1cccc([N+](=O)[O-])c1. The van der Waals surface area contributed by atoms with Crippen molar-refractivity contribution >= 4 is 29.4 Å². The van der Waals surface area contributed by atoms with Gasteiger partial charge in [0.25, 0.3) is 5.69 Å². The molecule has 1 aliphatic heterocycles. The first-order valence-corrected chi connectivity index (χ1v) is 11.3. The summed E-state index contributed by atoms with van der Waals surface area (Å²) in [6, 6.07) is 15.5. The summed E-state index contributed by atoms with van der Waals surface area (Å²) < 4.78 is 11.0. The van der Waals surface area contributed by atoms with E-state index in [1.54, 1.807) is 39.8 Å². The van der Waals surface area contributed by atoms with Crippen LogP contribution >= 0.6 is 0 Å². The molecule has 3 unspecified atom stereocenters. The van der Waals surface area contributed by atoms with Crippen LogP contribution in [0.15, 0.2) is 76.9 Å². The lowest BCUT2D eigenvalue weighted by Crippen LogP contribution is -2.37. The lowest BCUT2D eigenvalue weighted by atomic mass is 9.75. The van der Waals surface area contributed by atoms with E-state index in [2.05, 4.69) is 4.99 Å². The van der Waals surface area contributed by atoms with E-state index in [1.165, 1.54) is 18.2 Å². The number of rotatable bonds is 8. The van der Waals surface area contributed by atoms with Gasteiger partial charge in [0, 0.05) is 29.5 Å². The Labute approximate surface area is 204 Å². The van der Waals surface area contributed by atoms with Gasteiger partial charge < -0.3 is 9.47 Å². The zero-order chi connectivity index (χ0) is 25.5. The highest BCUT2D eigenvalue weighted by molar-refractivity contribution is 6.07. The van der Waals surface area contributed by atoms with Crippen LogP contribution in [0.25, 0.3) is 6.08 Å². The molecule has 3 rings (SSSR count). The zero-order valence-electron chi connectivity index (χ0n) is 20.1. The number of ether oxygens (including phenoxy) is 2. The van der Waals surface area contributed by atoms with Gasteiger partial charge in [-0.25, -0.2) is 4.79 Å². The Hall–Kier alpha value is -4.07. The number of nitro groups is 1. The molecule has 2 aromatic carbocycles. The number of aliphatic imine (C=N–C) groups is 1. The highest BCUT2D eigenvalue weighted by Crippen LogP contribution is 2.41. The Morgan fingerprint density at radius 1 is 1.14 bits per heavy atom. The number of nitro benzene ring substituents is 1. The fraction of sp³-hybridized carbons (Fsp3) is 0.296. The first-order valence-electron chi connectivity index (χ1n) is 11.3. The van der Waals surface area contributed by atoms with Crippen LogP contribution in [0.1, 0.15) is 44.7 Å². The van der Waals surface area contributed by atoms with Gasteiger partial charge in [-0.2, -0.15) is 0 Å². The first-order chi connectivity index (χ1) is 16.7. The minimum atomic E-state index is -0.918. The molecule has 0 saturated heterocycles. The van der Waals surface area contributed by atoms with E-state index < -0.39 is 34.8 Å². The summed E-state index contributed by atoms with van der Waals surface area (Å²) in [6.45, 7) is 6.91. The van der Waals surface area contributed by atoms with E-state index in [-0.39, 0.29) is 17.9 Å². The molecule has 3 atom stereocenters. The predicted molar refractivity (Wildman–Crippen MR) is 133 cm³/mol. The summed E-state index contributed by atoms with van der Waals surface area (Å²) >= 11 is 0. The average molecular weight is 477 g/mol. The number of benzene rings is 2. The van der Waals surface area contributed by atoms with Crippen LogP contribution in [0, 0.1) is 16.0 Å². The van der Waals surface area contributed by atoms with Crippen molar-refractivity contribution in [2.75, 3.05) is 6.61 Å². The number of non-ortho nitro benzene ring substituents is 1. The van der Waals surface area contributed by atoms with Crippen molar-refractivity contribution in [3.05, 3.63) is 93.2 Å². The maximum Gasteiger partial charge on any atom is 0.337 e. The monoisotopic (exact) mass is 476 g/mol. The van der Waals surface area contributed by atoms with Crippen LogP contribution in [0.4, 0.5) is 5.69 Å². The second-order valence-corrected chi connectivity index (χ2v) is 8.19. The van der Waals surface area contributed by atoms with Gasteiger partial charge >= 0.3 is 11.9 Å². The number of carbonyl (C=O) groups is 2. The summed E-state index contributed by atoms with van der Waals surface area (Å²) in [7, 11) is 0. The molecule has 1 heterocycles. The van der Waals surface area contributed by atoms with Gasteiger partial charge in [-0.15, -0.1) is 0 Å². The maximum atomic E-state index is 13.4. The van der Waals surface area contributed by atoms with Gasteiger partial charge in [0.15, 0.2) is 0 Å². The molecule has 0 N–H and O–H groups in total. The highest BCUT2D eigenvalue weighted by atomic mass is 16.6. The maximum absolute atomic E-state index is 13.4. The molecule has 0 saturated carbocycles. The second kappa shape index (κ2) is 11.4. The fourth-order valence-corrected chi connectivity index (χ4v) is 4.11. The number of allylic oxidation sites excluding steroid dienone is 1. The van der Waals surface area contributed by atoms with Crippen molar-refractivity contribution in [3.8, 4) is 0 Å². The first kappa shape index (κ1) is 25.6. The van der Waals surface area contributed by atoms with Crippen LogP contribution in [-0.2, 0) is 19.1 Å². The summed E-state index contributed by atoms with van der Waals surface area (Å²) in [5.41, 5.74) is 2.28. The van der Waals surface area contributed by atoms with Gasteiger partial charge in [-0.3, -0.25) is 19.9 Å². The van der Waals surface area contributed by atoms with Crippen LogP contribution in [0.5, 0.6) is 0 Å². The molecule has 0 fully saturated rings. The molecule has 182 valence electrons. The molecule has 0 bridgehead atoms. The van der Waals surface area contributed by atoms with Crippen LogP contribution in [-0.4, -0.2) is 35.3 Å². The van der Waals surface area contributed by atoms with Gasteiger partial charge in [0.05, 0.1) is 17.1 Å². The van der Waals surface area contributed by atoms with Crippen molar-refractivity contribution in [2.24, 2.45) is 10.9 Å². The van der Waals surface area contributed by atoms with E-state index in [4.69, 9.17) is 9.47 Å². The molecule has 8 nitrogen and oxygen atoms in total. The van der Waals surface area contributed by atoms with E-state index in [0.29, 0.717) is 17.0 Å². The normalized spacial score (nSPS) is 18.7. The zero-order valence-corrected chi connectivity index (χ0v) is 20.1. The summed E-state index contributed by atoms with van der Waals surface area (Å²) in [4.78, 5) is 41.7. The third-order valence-electron chi connectivity index (χ3n) is 5.68. The predicted octanol–water partition coefficient (Wildman–Crippen LogP) is 5.25.